The fourth-order valence-corrected chi connectivity index (χ4v) is 1.55. The van der Waals surface area contributed by atoms with Crippen LogP contribution in [0.1, 0.15) is 11.7 Å². The minimum atomic E-state index is -0.650. The predicted molar refractivity (Wildman–Crippen MR) is 67.1 cm³/mol. The average molecular weight is 239 g/mol. The zero-order valence-corrected chi connectivity index (χ0v) is 9.77. The van der Waals surface area contributed by atoms with Crippen LogP contribution in [0, 0.1) is 0 Å². The van der Waals surface area contributed by atoms with E-state index in [2.05, 4.69) is 5.32 Å². The van der Waals surface area contributed by atoms with Gasteiger partial charge in [-0.05, 0) is 17.7 Å². The summed E-state index contributed by atoms with van der Waals surface area (Å²) in [6, 6.07) is 6.74. The highest BCUT2D eigenvalue weighted by atomic mass is 19.1. The first-order valence-electron chi connectivity index (χ1n) is 5.30. The summed E-state index contributed by atoms with van der Waals surface area (Å²) in [5, 5.41) is 2.97. The average Bonchev–Trinajstić information content (AvgIpc) is 2.38. The molecule has 4 nitrogen and oxygen atoms in total. The predicted octanol–water partition coefficient (Wildman–Crippen LogP) is 1.51. The van der Waals surface area contributed by atoms with Crippen LogP contribution in [0.15, 0.2) is 36.7 Å². The quantitative estimate of drug-likeness (QED) is 0.703. The SMILES string of the molecule is COC(c1ccc(N/C=C\N)cc1)C(N)CF. The van der Waals surface area contributed by atoms with Gasteiger partial charge in [0.1, 0.15) is 6.67 Å². The van der Waals surface area contributed by atoms with Gasteiger partial charge in [0.25, 0.3) is 0 Å². The number of methoxy groups -OCH3 is 1. The summed E-state index contributed by atoms with van der Waals surface area (Å²) in [5.41, 5.74) is 12.6. The molecular formula is C12H18FN3O. The molecule has 0 aliphatic rings. The number of nitrogens with one attached hydrogen (secondary N) is 1. The number of alkyl halides is 1. The first-order valence-corrected chi connectivity index (χ1v) is 5.30. The number of nitrogens with two attached hydrogens (primary N) is 2. The zero-order chi connectivity index (χ0) is 12.7. The lowest BCUT2D eigenvalue weighted by atomic mass is 10.0. The van der Waals surface area contributed by atoms with Gasteiger partial charge in [-0.1, -0.05) is 12.1 Å². The lowest BCUT2D eigenvalue weighted by molar-refractivity contribution is 0.0721. The second-order valence-electron chi connectivity index (χ2n) is 3.60. The lowest BCUT2D eigenvalue weighted by Gasteiger charge is -2.20. The van der Waals surface area contributed by atoms with Crippen molar-refractivity contribution in [1.29, 1.82) is 0 Å². The molecule has 1 rings (SSSR count). The Morgan fingerprint density at radius 3 is 2.53 bits per heavy atom. The number of anilines is 1. The first-order chi connectivity index (χ1) is 8.22. The number of halogens is 1. The van der Waals surface area contributed by atoms with E-state index in [-0.39, 0.29) is 0 Å². The molecular weight excluding hydrogens is 221 g/mol. The largest absolute Gasteiger partial charge is 0.403 e. The Bertz CT molecular complexity index is 353. The fraction of sp³-hybridized carbons (Fsp3) is 0.333. The van der Waals surface area contributed by atoms with E-state index in [1.54, 1.807) is 6.20 Å². The van der Waals surface area contributed by atoms with Gasteiger partial charge < -0.3 is 21.5 Å². The molecule has 0 saturated heterocycles. The molecule has 0 amide bonds. The molecule has 2 unspecified atom stereocenters. The number of hydrogen-bond donors (Lipinski definition) is 3. The van der Waals surface area contributed by atoms with Gasteiger partial charge in [0.15, 0.2) is 0 Å². The van der Waals surface area contributed by atoms with Crippen LogP contribution in [0.5, 0.6) is 0 Å². The number of benzene rings is 1. The molecule has 0 bridgehead atoms. The number of ether oxygens (including phenoxy) is 1. The molecule has 0 aromatic heterocycles. The summed E-state index contributed by atoms with van der Waals surface area (Å²) in [7, 11) is 1.52. The van der Waals surface area contributed by atoms with Crippen molar-refractivity contribution in [3.63, 3.8) is 0 Å². The molecule has 5 N–H and O–H groups in total. The fourth-order valence-electron chi connectivity index (χ4n) is 1.55. The highest BCUT2D eigenvalue weighted by Gasteiger charge is 2.18. The van der Waals surface area contributed by atoms with Crippen molar-refractivity contribution < 1.29 is 9.13 Å². The van der Waals surface area contributed by atoms with Gasteiger partial charge in [-0.15, -0.1) is 0 Å². The van der Waals surface area contributed by atoms with Crippen LogP contribution in [0.25, 0.3) is 0 Å². The number of hydrogen-bond acceptors (Lipinski definition) is 4. The Morgan fingerprint density at radius 2 is 2.06 bits per heavy atom. The molecule has 0 fully saturated rings. The van der Waals surface area contributed by atoms with Gasteiger partial charge in [-0.3, -0.25) is 0 Å². The third kappa shape index (κ3) is 3.72. The summed E-state index contributed by atoms with van der Waals surface area (Å²) in [5.74, 6) is 0. The van der Waals surface area contributed by atoms with Crippen LogP contribution in [-0.4, -0.2) is 19.8 Å². The summed E-state index contributed by atoms with van der Waals surface area (Å²) in [6.45, 7) is -0.617. The van der Waals surface area contributed by atoms with Gasteiger partial charge in [-0.25, -0.2) is 4.39 Å². The summed E-state index contributed by atoms with van der Waals surface area (Å²) in [4.78, 5) is 0. The van der Waals surface area contributed by atoms with E-state index in [9.17, 15) is 4.39 Å². The molecule has 0 radical (unpaired) electrons. The molecule has 5 heteroatoms. The van der Waals surface area contributed by atoms with Crippen LogP contribution >= 0.6 is 0 Å². The molecule has 0 saturated carbocycles. The highest BCUT2D eigenvalue weighted by molar-refractivity contribution is 5.47. The molecule has 0 aliphatic carbocycles. The Morgan fingerprint density at radius 1 is 1.41 bits per heavy atom. The molecule has 2 atom stereocenters. The first kappa shape index (κ1) is 13.5. The van der Waals surface area contributed by atoms with Gasteiger partial charge in [0.2, 0.25) is 0 Å². The van der Waals surface area contributed by atoms with E-state index in [0.717, 1.165) is 11.3 Å². The normalized spacial score (nSPS) is 14.8. The van der Waals surface area contributed by atoms with Crippen LogP contribution in [-0.2, 0) is 4.74 Å². The van der Waals surface area contributed by atoms with E-state index >= 15 is 0 Å². The van der Waals surface area contributed by atoms with Crippen LogP contribution in [0.3, 0.4) is 0 Å². The topological polar surface area (TPSA) is 73.3 Å². The Labute approximate surface area is 100 Å². The molecule has 17 heavy (non-hydrogen) atoms. The summed E-state index contributed by atoms with van der Waals surface area (Å²) in [6.07, 6.45) is 2.60. The minimum Gasteiger partial charge on any atom is -0.403 e. The highest BCUT2D eigenvalue weighted by Crippen LogP contribution is 2.21. The van der Waals surface area contributed by atoms with Gasteiger partial charge in [-0.2, -0.15) is 0 Å². The van der Waals surface area contributed by atoms with Gasteiger partial charge in [0.05, 0.1) is 12.1 Å². The van der Waals surface area contributed by atoms with Crippen molar-refractivity contribution in [2.45, 2.75) is 12.1 Å². The van der Waals surface area contributed by atoms with Crippen molar-refractivity contribution >= 4 is 5.69 Å². The van der Waals surface area contributed by atoms with E-state index in [0.29, 0.717) is 0 Å². The maximum atomic E-state index is 12.5. The monoisotopic (exact) mass is 239 g/mol. The smallest absolute Gasteiger partial charge is 0.107 e. The van der Waals surface area contributed by atoms with Crippen LogP contribution in [0.2, 0.25) is 0 Å². The third-order valence-corrected chi connectivity index (χ3v) is 2.41. The van der Waals surface area contributed by atoms with Gasteiger partial charge >= 0.3 is 0 Å². The molecule has 94 valence electrons. The molecule has 1 aromatic carbocycles. The third-order valence-electron chi connectivity index (χ3n) is 2.41. The second kappa shape index (κ2) is 6.88. The van der Waals surface area contributed by atoms with E-state index in [1.807, 2.05) is 24.3 Å². The van der Waals surface area contributed by atoms with E-state index in [4.69, 9.17) is 16.2 Å². The van der Waals surface area contributed by atoms with E-state index in [1.165, 1.54) is 13.3 Å². The Kier molecular flexibility index (Phi) is 5.45. The molecule has 0 aliphatic heterocycles. The molecule has 0 heterocycles. The maximum Gasteiger partial charge on any atom is 0.107 e. The van der Waals surface area contributed by atoms with Crippen molar-refractivity contribution in [1.82, 2.24) is 0 Å². The van der Waals surface area contributed by atoms with E-state index < -0.39 is 18.8 Å². The van der Waals surface area contributed by atoms with Crippen LogP contribution in [0.4, 0.5) is 10.1 Å². The molecule has 1 aromatic rings. The summed E-state index contributed by atoms with van der Waals surface area (Å²) >= 11 is 0. The zero-order valence-electron chi connectivity index (χ0n) is 9.77. The van der Waals surface area contributed by atoms with Crippen LogP contribution < -0.4 is 16.8 Å². The minimum absolute atomic E-state index is 0.431. The molecule has 0 spiro atoms. The lowest BCUT2D eigenvalue weighted by Crippen LogP contribution is -2.31. The van der Waals surface area contributed by atoms with Crippen molar-refractivity contribution in [3.05, 3.63) is 42.2 Å². The second-order valence-corrected chi connectivity index (χ2v) is 3.60. The Balaban J connectivity index is 2.77. The van der Waals surface area contributed by atoms with Crippen molar-refractivity contribution in [2.24, 2.45) is 11.5 Å². The van der Waals surface area contributed by atoms with Gasteiger partial charge in [0, 0.05) is 25.2 Å². The summed E-state index contributed by atoms with van der Waals surface area (Å²) < 4.78 is 17.7. The van der Waals surface area contributed by atoms with Crippen molar-refractivity contribution in [2.75, 3.05) is 19.1 Å². The standard InChI is InChI=1S/C12H18FN3O/c1-17-12(11(15)8-13)9-2-4-10(5-3-9)16-7-6-14/h2-7,11-12,16H,8,14-15H2,1H3/b7-6-. The maximum absolute atomic E-state index is 12.5. The Hall–Kier alpha value is -1.59. The van der Waals surface area contributed by atoms with Crippen molar-refractivity contribution in [3.8, 4) is 0 Å². The number of rotatable bonds is 6.